The van der Waals surface area contributed by atoms with Crippen LogP contribution in [0.25, 0.3) is 10.2 Å². The number of nitrogens with two attached hydrogens (primary N) is 1. The quantitative estimate of drug-likeness (QED) is 0.497. The summed E-state index contributed by atoms with van der Waals surface area (Å²) in [6.45, 7) is 6.87. The van der Waals surface area contributed by atoms with E-state index in [1.807, 2.05) is 30.0 Å². The predicted octanol–water partition coefficient (Wildman–Crippen LogP) is 4.80. The summed E-state index contributed by atoms with van der Waals surface area (Å²) >= 11 is 3.60. The first-order valence-electron chi connectivity index (χ1n) is 6.23. The number of fused-ring (bicyclic) bond motifs is 1. The average molecular weight is 280 g/mol. The SMILES string of the molecule is CC(C)(C)CCCSc1nc2ccc(N)cc2s1. The lowest BCUT2D eigenvalue weighted by Gasteiger charge is -2.16. The average Bonchev–Trinajstić information content (AvgIpc) is 2.65. The Morgan fingerprint density at radius 1 is 1.33 bits per heavy atom. The first-order valence-corrected chi connectivity index (χ1v) is 8.03. The second kappa shape index (κ2) is 5.49. The predicted molar refractivity (Wildman–Crippen MR) is 83.4 cm³/mol. The van der Waals surface area contributed by atoms with Gasteiger partial charge < -0.3 is 5.73 Å². The van der Waals surface area contributed by atoms with Crippen LogP contribution in [0.3, 0.4) is 0 Å². The van der Waals surface area contributed by atoms with Crippen LogP contribution in [-0.2, 0) is 0 Å². The zero-order valence-electron chi connectivity index (χ0n) is 11.2. The second-order valence-electron chi connectivity index (χ2n) is 5.72. The number of thiazole rings is 1. The fourth-order valence-electron chi connectivity index (χ4n) is 1.74. The lowest BCUT2D eigenvalue weighted by Crippen LogP contribution is -2.04. The third-order valence-corrected chi connectivity index (χ3v) is 4.94. The van der Waals surface area contributed by atoms with E-state index in [0.717, 1.165) is 21.3 Å². The molecule has 2 nitrogen and oxygen atoms in total. The highest BCUT2D eigenvalue weighted by Crippen LogP contribution is 2.32. The largest absolute Gasteiger partial charge is 0.399 e. The van der Waals surface area contributed by atoms with Crippen LogP contribution in [0.4, 0.5) is 5.69 Å². The zero-order chi connectivity index (χ0) is 13.2. The summed E-state index contributed by atoms with van der Waals surface area (Å²) in [5, 5.41) is 0. The van der Waals surface area contributed by atoms with Gasteiger partial charge in [0.1, 0.15) is 0 Å². The lowest BCUT2D eigenvalue weighted by molar-refractivity contribution is 0.374. The Morgan fingerprint density at radius 2 is 2.11 bits per heavy atom. The smallest absolute Gasteiger partial charge is 0.151 e. The molecule has 1 aromatic heterocycles. The molecule has 1 aromatic carbocycles. The molecule has 0 aliphatic carbocycles. The van der Waals surface area contributed by atoms with E-state index >= 15 is 0 Å². The highest BCUT2D eigenvalue weighted by Gasteiger charge is 2.10. The summed E-state index contributed by atoms with van der Waals surface area (Å²) < 4.78 is 2.35. The van der Waals surface area contributed by atoms with Gasteiger partial charge in [0.2, 0.25) is 0 Å². The van der Waals surface area contributed by atoms with E-state index in [0.29, 0.717) is 5.41 Å². The van der Waals surface area contributed by atoms with Crippen LogP contribution in [0.5, 0.6) is 0 Å². The van der Waals surface area contributed by atoms with Gasteiger partial charge in [-0.25, -0.2) is 4.98 Å². The van der Waals surface area contributed by atoms with Crippen LogP contribution in [0, 0.1) is 5.41 Å². The number of hydrogen-bond acceptors (Lipinski definition) is 4. The maximum Gasteiger partial charge on any atom is 0.151 e. The van der Waals surface area contributed by atoms with Crippen molar-refractivity contribution in [3.8, 4) is 0 Å². The Morgan fingerprint density at radius 3 is 2.83 bits per heavy atom. The normalized spacial score (nSPS) is 12.2. The van der Waals surface area contributed by atoms with E-state index in [-0.39, 0.29) is 0 Å². The fourth-order valence-corrected chi connectivity index (χ4v) is 3.87. The molecule has 1 heterocycles. The summed E-state index contributed by atoms with van der Waals surface area (Å²) in [7, 11) is 0. The van der Waals surface area contributed by atoms with Gasteiger partial charge in [-0.3, -0.25) is 0 Å². The summed E-state index contributed by atoms with van der Waals surface area (Å²) in [5.74, 6) is 1.15. The van der Waals surface area contributed by atoms with Gasteiger partial charge in [-0.1, -0.05) is 32.5 Å². The maximum absolute atomic E-state index is 5.77. The van der Waals surface area contributed by atoms with Crippen LogP contribution in [0.1, 0.15) is 33.6 Å². The van der Waals surface area contributed by atoms with Crippen molar-refractivity contribution in [3.63, 3.8) is 0 Å². The first-order chi connectivity index (χ1) is 8.44. The number of anilines is 1. The van der Waals surface area contributed by atoms with Crippen molar-refractivity contribution in [1.82, 2.24) is 4.98 Å². The number of hydrogen-bond donors (Lipinski definition) is 1. The van der Waals surface area contributed by atoms with Gasteiger partial charge in [-0.15, -0.1) is 11.3 Å². The van der Waals surface area contributed by atoms with Crippen molar-refractivity contribution < 1.29 is 0 Å². The third-order valence-electron chi connectivity index (χ3n) is 2.69. The minimum atomic E-state index is 0.433. The molecular weight excluding hydrogens is 260 g/mol. The number of nitrogen functional groups attached to an aromatic ring is 1. The fraction of sp³-hybridized carbons (Fsp3) is 0.500. The van der Waals surface area contributed by atoms with E-state index in [2.05, 4.69) is 25.8 Å². The van der Waals surface area contributed by atoms with Gasteiger partial charge in [-0.05, 0) is 36.5 Å². The Hall–Kier alpha value is -0.740. The Balaban J connectivity index is 1.92. The molecule has 0 aliphatic rings. The molecular formula is C14H20N2S2. The van der Waals surface area contributed by atoms with Crippen molar-refractivity contribution in [2.24, 2.45) is 5.41 Å². The van der Waals surface area contributed by atoms with Gasteiger partial charge in [0.05, 0.1) is 10.2 Å². The minimum absolute atomic E-state index is 0.433. The van der Waals surface area contributed by atoms with Crippen LogP contribution in [0.15, 0.2) is 22.5 Å². The van der Waals surface area contributed by atoms with Gasteiger partial charge >= 0.3 is 0 Å². The van der Waals surface area contributed by atoms with Crippen LogP contribution < -0.4 is 5.73 Å². The van der Waals surface area contributed by atoms with Crippen molar-refractivity contribution in [2.45, 2.75) is 38.0 Å². The van der Waals surface area contributed by atoms with Crippen molar-refractivity contribution >= 4 is 39.0 Å². The molecule has 2 N–H and O–H groups in total. The molecule has 2 aromatic rings. The standard InChI is InChI=1S/C14H20N2S2/c1-14(2,3)7-4-8-17-13-16-11-6-5-10(15)9-12(11)18-13/h5-6,9H,4,7-8,15H2,1-3H3. The van der Waals surface area contributed by atoms with Crippen LogP contribution >= 0.6 is 23.1 Å². The van der Waals surface area contributed by atoms with E-state index in [1.54, 1.807) is 11.3 Å². The number of benzene rings is 1. The third kappa shape index (κ3) is 3.89. The molecule has 0 spiro atoms. The highest BCUT2D eigenvalue weighted by atomic mass is 32.2. The topological polar surface area (TPSA) is 38.9 Å². The molecule has 2 rings (SSSR count). The number of aromatic nitrogens is 1. The van der Waals surface area contributed by atoms with Gasteiger partial charge in [0, 0.05) is 11.4 Å². The Kier molecular flexibility index (Phi) is 4.17. The molecule has 0 unspecified atom stereocenters. The van der Waals surface area contributed by atoms with E-state index in [9.17, 15) is 0 Å². The lowest BCUT2D eigenvalue weighted by atomic mass is 9.91. The monoisotopic (exact) mass is 280 g/mol. The molecule has 0 radical (unpaired) electrons. The van der Waals surface area contributed by atoms with Crippen LogP contribution in [0.2, 0.25) is 0 Å². The summed E-state index contributed by atoms with van der Waals surface area (Å²) in [6.07, 6.45) is 2.50. The van der Waals surface area contributed by atoms with E-state index in [1.165, 1.54) is 17.5 Å². The molecule has 0 bridgehead atoms. The van der Waals surface area contributed by atoms with Crippen LogP contribution in [-0.4, -0.2) is 10.7 Å². The van der Waals surface area contributed by atoms with Gasteiger partial charge in [0.25, 0.3) is 0 Å². The molecule has 0 aliphatic heterocycles. The van der Waals surface area contributed by atoms with Gasteiger partial charge in [-0.2, -0.15) is 0 Å². The Labute approximate surface area is 117 Å². The summed E-state index contributed by atoms with van der Waals surface area (Å²) in [5.41, 5.74) is 8.09. The van der Waals surface area contributed by atoms with Crippen molar-refractivity contribution in [2.75, 3.05) is 11.5 Å². The maximum atomic E-state index is 5.77. The molecule has 4 heteroatoms. The molecule has 18 heavy (non-hydrogen) atoms. The van der Waals surface area contributed by atoms with E-state index < -0.39 is 0 Å². The number of thioether (sulfide) groups is 1. The second-order valence-corrected chi connectivity index (χ2v) is 8.09. The molecule has 0 fully saturated rings. The molecule has 0 saturated carbocycles. The van der Waals surface area contributed by atoms with Gasteiger partial charge in [0.15, 0.2) is 4.34 Å². The zero-order valence-corrected chi connectivity index (χ0v) is 12.8. The minimum Gasteiger partial charge on any atom is -0.399 e. The first kappa shape index (κ1) is 13.7. The molecule has 0 amide bonds. The summed E-state index contributed by atoms with van der Waals surface area (Å²) in [4.78, 5) is 4.61. The van der Waals surface area contributed by atoms with E-state index in [4.69, 9.17) is 5.73 Å². The molecule has 0 saturated heterocycles. The van der Waals surface area contributed by atoms with Crippen molar-refractivity contribution in [1.29, 1.82) is 0 Å². The highest BCUT2D eigenvalue weighted by molar-refractivity contribution is 8.01. The molecule has 0 atom stereocenters. The van der Waals surface area contributed by atoms with Crippen molar-refractivity contribution in [3.05, 3.63) is 18.2 Å². The molecule has 98 valence electrons. The number of nitrogens with zero attached hydrogens (tertiary/aromatic N) is 1. The number of rotatable bonds is 4. The summed E-state index contributed by atoms with van der Waals surface area (Å²) in [6, 6.07) is 5.92. The Bertz CT molecular complexity index is 526.